The van der Waals surface area contributed by atoms with Gasteiger partial charge in [-0.15, -0.1) is 11.3 Å². The van der Waals surface area contributed by atoms with E-state index in [2.05, 4.69) is 47.2 Å². The van der Waals surface area contributed by atoms with Gasteiger partial charge in [0.2, 0.25) is 0 Å². The maximum absolute atomic E-state index is 6.10. The lowest BCUT2D eigenvalue weighted by atomic mass is 10.1. The number of thiazole rings is 1. The van der Waals surface area contributed by atoms with E-state index >= 15 is 0 Å². The Labute approximate surface area is 136 Å². The highest BCUT2D eigenvalue weighted by Crippen LogP contribution is 2.34. The Morgan fingerprint density at radius 1 is 1.40 bits per heavy atom. The second-order valence-electron chi connectivity index (χ2n) is 5.24. The molecule has 2 aromatic rings. The fourth-order valence-corrected chi connectivity index (χ4v) is 3.63. The molecule has 1 aliphatic rings. The van der Waals surface area contributed by atoms with Crippen molar-refractivity contribution in [1.29, 1.82) is 0 Å². The van der Waals surface area contributed by atoms with Gasteiger partial charge in [0.1, 0.15) is 5.01 Å². The third-order valence-corrected chi connectivity index (χ3v) is 5.90. The van der Waals surface area contributed by atoms with E-state index in [0.29, 0.717) is 6.04 Å². The summed E-state index contributed by atoms with van der Waals surface area (Å²) in [4.78, 5) is 6.02. The molecule has 1 aromatic carbocycles. The largest absolute Gasteiger partial charge is 0.301 e. The lowest BCUT2D eigenvalue weighted by Gasteiger charge is -2.17. The maximum Gasteiger partial charge on any atom is 0.115 e. The third kappa shape index (κ3) is 3.08. The van der Waals surface area contributed by atoms with Crippen LogP contribution in [0.15, 0.2) is 22.7 Å². The zero-order chi connectivity index (χ0) is 14.3. The van der Waals surface area contributed by atoms with Gasteiger partial charge in [-0.1, -0.05) is 17.7 Å². The minimum atomic E-state index is 0.161. The van der Waals surface area contributed by atoms with E-state index in [4.69, 9.17) is 16.6 Å². The molecule has 1 saturated carbocycles. The van der Waals surface area contributed by atoms with E-state index in [1.54, 1.807) is 11.3 Å². The molecule has 1 N–H and O–H groups in total. The van der Waals surface area contributed by atoms with Gasteiger partial charge in [-0.2, -0.15) is 0 Å². The van der Waals surface area contributed by atoms with Gasteiger partial charge in [0, 0.05) is 15.4 Å². The first-order chi connectivity index (χ1) is 9.54. The van der Waals surface area contributed by atoms with Crippen LogP contribution in [0.5, 0.6) is 0 Å². The number of rotatable bonds is 4. The van der Waals surface area contributed by atoms with Crippen LogP contribution in [0.3, 0.4) is 0 Å². The summed E-state index contributed by atoms with van der Waals surface area (Å²) in [7, 11) is 0. The first-order valence-electron chi connectivity index (χ1n) is 6.69. The highest BCUT2D eigenvalue weighted by molar-refractivity contribution is 9.10. The molecule has 1 aliphatic carbocycles. The molecule has 2 nitrogen and oxygen atoms in total. The summed E-state index contributed by atoms with van der Waals surface area (Å²) in [5.41, 5.74) is 2.34. The van der Waals surface area contributed by atoms with Crippen LogP contribution >= 0.6 is 38.9 Å². The normalized spacial score (nSPS) is 16.4. The molecule has 106 valence electrons. The summed E-state index contributed by atoms with van der Waals surface area (Å²) in [6, 6.07) is 6.90. The lowest BCUT2D eigenvalue weighted by Crippen LogP contribution is -2.24. The molecule has 0 aliphatic heterocycles. The highest BCUT2D eigenvalue weighted by Gasteiger charge is 2.28. The summed E-state index contributed by atoms with van der Waals surface area (Å²) < 4.78 is 0.935. The van der Waals surface area contributed by atoms with Crippen molar-refractivity contribution in [3.8, 4) is 0 Å². The molecule has 0 radical (unpaired) electrons. The van der Waals surface area contributed by atoms with Gasteiger partial charge in [0.15, 0.2) is 0 Å². The van der Waals surface area contributed by atoms with Crippen molar-refractivity contribution < 1.29 is 0 Å². The van der Waals surface area contributed by atoms with E-state index < -0.39 is 0 Å². The minimum absolute atomic E-state index is 0.161. The van der Waals surface area contributed by atoms with E-state index in [1.807, 2.05) is 6.07 Å². The smallest absolute Gasteiger partial charge is 0.115 e. The van der Waals surface area contributed by atoms with Crippen LogP contribution < -0.4 is 5.32 Å². The van der Waals surface area contributed by atoms with Crippen LogP contribution in [-0.2, 0) is 0 Å². The Morgan fingerprint density at radius 3 is 2.70 bits per heavy atom. The monoisotopic (exact) mass is 370 g/mol. The van der Waals surface area contributed by atoms with E-state index in [1.165, 1.54) is 23.3 Å². The van der Waals surface area contributed by atoms with Crippen molar-refractivity contribution in [1.82, 2.24) is 10.3 Å². The first-order valence-corrected chi connectivity index (χ1v) is 8.68. The Balaban J connectivity index is 1.97. The molecule has 1 atom stereocenters. The summed E-state index contributed by atoms with van der Waals surface area (Å²) >= 11 is 11.4. The van der Waals surface area contributed by atoms with Crippen LogP contribution in [-0.4, -0.2) is 11.0 Å². The molecule has 20 heavy (non-hydrogen) atoms. The first kappa shape index (κ1) is 14.5. The Hall–Kier alpha value is -0.420. The summed E-state index contributed by atoms with van der Waals surface area (Å²) in [5.74, 6) is 0. The number of aromatic nitrogens is 1. The average Bonchev–Trinajstić information content (AvgIpc) is 3.17. The van der Waals surface area contributed by atoms with Crippen molar-refractivity contribution in [2.75, 3.05) is 0 Å². The number of hydrogen-bond donors (Lipinski definition) is 1. The minimum Gasteiger partial charge on any atom is -0.301 e. The third-order valence-electron chi connectivity index (χ3n) is 3.55. The number of halogens is 2. The number of nitrogens with one attached hydrogen (secondary N) is 1. The van der Waals surface area contributed by atoms with Gasteiger partial charge in [0.05, 0.1) is 16.8 Å². The number of benzene rings is 1. The second kappa shape index (κ2) is 5.76. The van der Waals surface area contributed by atoms with Crippen LogP contribution in [0.2, 0.25) is 5.02 Å². The molecule has 1 aromatic heterocycles. The van der Waals surface area contributed by atoms with Crippen molar-refractivity contribution in [3.05, 3.63) is 48.8 Å². The fraction of sp³-hybridized carbons (Fsp3) is 0.400. The van der Waals surface area contributed by atoms with Gasteiger partial charge in [-0.05, 0) is 60.3 Å². The van der Waals surface area contributed by atoms with Crippen molar-refractivity contribution in [3.63, 3.8) is 0 Å². The zero-order valence-corrected chi connectivity index (χ0v) is 14.6. The molecule has 3 rings (SSSR count). The van der Waals surface area contributed by atoms with Gasteiger partial charge in [-0.25, -0.2) is 4.98 Å². The molecule has 0 saturated heterocycles. The number of aryl methyl sites for hydroxylation is 2. The van der Waals surface area contributed by atoms with Crippen LogP contribution in [0, 0.1) is 13.8 Å². The zero-order valence-electron chi connectivity index (χ0n) is 11.4. The molecule has 1 unspecified atom stereocenters. The summed E-state index contributed by atoms with van der Waals surface area (Å²) in [6.07, 6.45) is 2.52. The van der Waals surface area contributed by atoms with Crippen molar-refractivity contribution in [2.24, 2.45) is 0 Å². The van der Waals surface area contributed by atoms with Crippen LogP contribution in [0.4, 0.5) is 0 Å². The maximum atomic E-state index is 6.10. The molecule has 0 bridgehead atoms. The Bertz CT molecular complexity index is 617. The fourth-order valence-electron chi connectivity index (χ4n) is 2.11. The van der Waals surface area contributed by atoms with E-state index in [9.17, 15) is 0 Å². The summed E-state index contributed by atoms with van der Waals surface area (Å²) in [6.45, 7) is 4.20. The number of hydrogen-bond acceptors (Lipinski definition) is 3. The van der Waals surface area contributed by atoms with Gasteiger partial charge in [0.25, 0.3) is 0 Å². The van der Waals surface area contributed by atoms with Crippen LogP contribution in [0.25, 0.3) is 0 Å². The van der Waals surface area contributed by atoms with Crippen LogP contribution in [0.1, 0.15) is 40.0 Å². The molecular weight excluding hydrogens is 356 g/mol. The molecule has 5 heteroatoms. The Kier molecular flexibility index (Phi) is 4.18. The highest BCUT2D eigenvalue weighted by atomic mass is 79.9. The van der Waals surface area contributed by atoms with Gasteiger partial charge < -0.3 is 5.32 Å². The average molecular weight is 372 g/mol. The van der Waals surface area contributed by atoms with E-state index in [-0.39, 0.29) is 6.04 Å². The Morgan fingerprint density at radius 2 is 2.15 bits per heavy atom. The van der Waals surface area contributed by atoms with Crippen molar-refractivity contribution >= 4 is 38.9 Å². The quantitative estimate of drug-likeness (QED) is 0.816. The predicted octanol–water partition coefficient (Wildman–Crippen LogP) is 5.02. The second-order valence-corrected chi connectivity index (χ2v) is 7.74. The molecular formula is C15H16BrClN2S. The lowest BCUT2D eigenvalue weighted by molar-refractivity contribution is 0.597. The molecule has 0 amide bonds. The van der Waals surface area contributed by atoms with Crippen molar-refractivity contribution in [2.45, 2.75) is 38.8 Å². The standard InChI is InChI=1S/C15H16BrClN2S/c1-8-9(2)20-15(18-8)14(19-11-4-5-11)10-3-6-13(17)12(16)7-10/h3,6-7,11,14,19H,4-5H2,1-2H3. The summed E-state index contributed by atoms with van der Waals surface area (Å²) in [5, 5.41) is 5.58. The SMILES string of the molecule is Cc1nc(C(NC2CC2)c2ccc(Cl)c(Br)c2)sc1C. The topological polar surface area (TPSA) is 24.9 Å². The van der Waals surface area contributed by atoms with Gasteiger partial charge >= 0.3 is 0 Å². The molecule has 1 heterocycles. The molecule has 1 fully saturated rings. The number of nitrogens with zero attached hydrogens (tertiary/aromatic N) is 1. The molecule has 0 spiro atoms. The van der Waals surface area contributed by atoms with Gasteiger partial charge in [-0.3, -0.25) is 0 Å². The van der Waals surface area contributed by atoms with E-state index in [0.717, 1.165) is 20.2 Å². The predicted molar refractivity (Wildman–Crippen MR) is 88.7 cm³/mol.